The second kappa shape index (κ2) is 12.2. The van der Waals surface area contributed by atoms with Crippen molar-refractivity contribution >= 4 is 23.0 Å². The summed E-state index contributed by atoms with van der Waals surface area (Å²) in [7, 11) is 0. The standard InChI is InChI=1S/C31H36N6O4/c1-2-39-31(38)41-36-13-11-35(12-14-36)18-23-15-25(16-23)37-19-27(28-29(32)33-21-34-30(28)37)24-9-6-10-26(17-24)40-20-22-7-4-3-5-8-22/h3-10,17,19,21,23,25H,2,11-16,18,20H2,1H3,(H2,32,33,34)/t23-,25+. The van der Waals surface area contributed by atoms with Crippen LogP contribution in [0.25, 0.3) is 22.2 Å². The molecule has 3 heterocycles. The van der Waals surface area contributed by atoms with Crippen molar-refractivity contribution in [3.05, 3.63) is 72.7 Å². The van der Waals surface area contributed by atoms with Gasteiger partial charge in [-0.1, -0.05) is 42.5 Å². The smallest absolute Gasteiger partial charge is 0.489 e. The molecule has 6 rings (SSSR count). The van der Waals surface area contributed by atoms with E-state index < -0.39 is 6.16 Å². The van der Waals surface area contributed by atoms with Gasteiger partial charge in [0.2, 0.25) is 0 Å². The van der Waals surface area contributed by atoms with Crippen molar-refractivity contribution in [1.29, 1.82) is 0 Å². The molecular formula is C31H36N6O4. The highest BCUT2D eigenvalue weighted by atomic mass is 16.8. The molecule has 0 unspecified atom stereocenters. The maximum Gasteiger partial charge on any atom is 0.527 e. The lowest BCUT2D eigenvalue weighted by atomic mass is 9.79. The van der Waals surface area contributed by atoms with Gasteiger partial charge in [0.25, 0.3) is 0 Å². The molecule has 0 atom stereocenters. The fourth-order valence-corrected chi connectivity index (χ4v) is 5.79. The average Bonchev–Trinajstić information content (AvgIpc) is 3.36. The van der Waals surface area contributed by atoms with Gasteiger partial charge in [0.15, 0.2) is 0 Å². The Labute approximate surface area is 239 Å². The molecular weight excluding hydrogens is 520 g/mol. The third-order valence-corrected chi connectivity index (χ3v) is 7.95. The Kier molecular flexibility index (Phi) is 8.02. The molecule has 214 valence electrons. The number of aromatic nitrogens is 3. The summed E-state index contributed by atoms with van der Waals surface area (Å²) < 4.78 is 13.3. The minimum atomic E-state index is -0.628. The van der Waals surface area contributed by atoms with Crippen LogP contribution in [0.15, 0.2) is 67.1 Å². The Bertz CT molecular complexity index is 1480. The maximum atomic E-state index is 11.6. The number of hydrogen-bond acceptors (Lipinski definition) is 9. The van der Waals surface area contributed by atoms with Gasteiger partial charge in [-0.05, 0) is 48.9 Å². The number of nitrogens with zero attached hydrogens (tertiary/aromatic N) is 5. The summed E-state index contributed by atoms with van der Waals surface area (Å²) in [6.07, 6.45) is 5.25. The number of nitrogens with two attached hydrogens (primary N) is 1. The van der Waals surface area contributed by atoms with Gasteiger partial charge in [0.1, 0.15) is 30.1 Å². The number of benzene rings is 2. The number of carbonyl (C=O) groups excluding carboxylic acids is 1. The predicted molar refractivity (Wildman–Crippen MR) is 156 cm³/mol. The van der Waals surface area contributed by atoms with E-state index in [-0.39, 0.29) is 0 Å². The lowest BCUT2D eigenvalue weighted by molar-refractivity contribution is -0.147. The Morgan fingerprint density at radius 2 is 1.83 bits per heavy atom. The number of rotatable bonds is 9. The van der Waals surface area contributed by atoms with Gasteiger partial charge >= 0.3 is 6.16 Å². The first-order chi connectivity index (χ1) is 20.1. The van der Waals surface area contributed by atoms with E-state index in [0.29, 0.717) is 44.1 Å². The van der Waals surface area contributed by atoms with Crippen LogP contribution < -0.4 is 10.5 Å². The van der Waals surface area contributed by atoms with Gasteiger partial charge in [0.05, 0.1) is 12.0 Å². The van der Waals surface area contributed by atoms with Crippen molar-refractivity contribution in [3.63, 3.8) is 0 Å². The number of carbonyl (C=O) groups is 1. The number of ether oxygens (including phenoxy) is 2. The lowest BCUT2D eigenvalue weighted by Gasteiger charge is -2.41. The zero-order valence-corrected chi connectivity index (χ0v) is 23.3. The number of fused-ring (bicyclic) bond motifs is 1. The van der Waals surface area contributed by atoms with Crippen LogP contribution >= 0.6 is 0 Å². The number of nitrogen functional groups attached to an aromatic ring is 1. The Morgan fingerprint density at radius 1 is 1.02 bits per heavy atom. The molecule has 0 spiro atoms. The normalized spacial score (nSPS) is 19.5. The van der Waals surface area contributed by atoms with Crippen LogP contribution in [-0.4, -0.2) is 70.0 Å². The summed E-state index contributed by atoms with van der Waals surface area (Å²) in [6.45, 7) is 6.73. The highest BCUT2D eigenvalue weighted by Crippen LogP contribution is 2.43. The molecule has 2 fully saturated rings. The second-order valence-electron chi connectivity index (χ2n) is 10.7. The first kappa shape index (κ1) is 27.0. The summed E-state index contributed by atoms with van der Waals surface area (Å²) >= 11 is 0. The topological polar surface area (TPSA) is 108 Å². The Hall–Kier alpha value is -4.15. The number of hydroxylamine groups is 2. The van der Waals surface area contributed by atoms with Gasteiger partial charge in [0, 0.05) is 50.5 Å². The quantitative estimate of drug-likeness (QED) is 0.288. The molecule has 1 saturated carbocycles. The molecule has 10 nitrogen and oxygen atoms in total. The van der Waals surface area contributed by atoms with Crippen LogP contribution in [0.5, 0.6) is 5.75 Å². The fourth-order valence-electron chi connectivity index (χ4n) is 5.79. The van der Waals surface area contributed by atoms with E-state index >= 15 is 0 Å². The monoisotopic (exact) mass is 556 g/mol. The molecule has 1 saturated heterocycles. The first-order valence-corrected chi connectivity index (χ1v) is 14.3. The zero-order valence-electron chi connectivity index (χ0n) is 23.3. The van der Waals surface area contributed by atoms with E-state index in [1.165, 1.54) is 0 Å². The van der Waals surface area contributed by atoms with E-state index in [4.69, 9.17) is 20.0 Å². The van der Waals surface area contributed by atoms with Crippen molar-refractivity contribution in [3.8, 4) is 16.9 Å². The van der Waals surface area contributed by atoms with Crippen molar-refractivity contribution in [2.24, 2.45) is 5.92 Å². The molecule has 1 aliphatic carbocycles. The highest BCUT2D eigenvalue weighted by molar-refractivity contribution is 6.00. The van der Waals surface area contributed by atoms with Gasteiger partial charge < -0.3 is 29.5 Å². The molecule has 1 aliphatic heterocycles. The molecule has 10 heteroatoms. The summed E-state index contributed by atoms with van der Waals surface area (Å²) in [5.41, 5.74) is 10.4. The number of anilines is 1. The summed E-state index contributed by atoms with van der Waals surface area (Å²) in [6, 6.07) is 18.6. The van der Waals surface area contributed by atoms with Crippen molar-refractivity contribution in [2.45, 2.75) is 32.4 Å². The largest absolute Gasteiger partial charge is 0.527 e. The fraction of sp³-hybridized carbons (Fsp3) is 0.387. The second-order valence-corrected chi connectivity index (χ2v) is 10.7. The SMILES string of the molecule is CCOC(=O)ON1CCN(C[C@H]2C[C@@H](n3cc(-c4cccc(OCc5ccccc5)c4)c4c(N)ncnc43)C2)CC1. The van der Waals surface area contributed by atoms with Gasteiger partial charge in [-0.15, -0.1) is 5.06 Å². The molecule has 2 N–H and O–H groups in total. The van der Waals surface area contributed by atoms with Crippen LogP contribution in [0.3, 0.4) is 0 Å². The third-order valence-electron chi connectivity index (χ3n) is 7.95. The average molecular weight is 557 g/mol. The van der Waals surface area contributed by atoms with Crippen LogP contribution in [0.1, 0.15) is 31.4 Å². The highest BCUT2D eigenvalue weighted by Gasteiger charge is 2.34. The Balaban J connectivity index is 1.11. The molecule has 2 aromatic heterocycles. The minimum absolute atomic E-state index is 0.313. The van der Waals surface area contributed by atoms with Gasteiger partial charge in [-0.2, -0.15) is 0 Å². The molecule has 2 aliphatic rings. The van der Waals surface area contributed by atoms with E-state index in [9.17, 15) is 4.79 Å². The minimum Gasteiger partial charge on any atom is -0.489 e. The molecule has 41 heavy (non-hydrogen) atoms. The lowest BCUT2D eigenvalue weighted by Crippen LogP contribution is -2.49. The van der Waals surface area contributed by atoms with Crippen molar-refractivity contribution < 1.29 is 19.1 Å². The summed E-state index contributed by atoms with van der Waals surface area (Å²) in [4.78, 5) is 28.2. The van der Waals surface area contributed by atoms with E-state index in [0.717, 1.165) is 65.9 Å². The molecule has 0 radical (unpaired) electrons. The first-order valence-electron chi connectivity index (χ1n) is 14.3. The predicted octanol–water partition coefficient (Wildman–Crippen LogP) is 4.92. The number of piperazine rings is 1. The van der Waals surface area contributed by atoms with Crippen LogP contribution in [0.4, 0.5) is 10.6 Å². The van der Waals surface area contributed by atoms with Gasteiger partial charge in [-0.25, -0.2) is 14.8 Å². The molecule has 2 aromatic carbocycles. The molecule has 0 amide bonds. The van der Waals surface area contributed by atoms with E-state index in [1.807, 2.05) is 30.3 Å². The third kappa shape index (κ3) is 6.13. The van der Waals surface area contributed by atoms with E-state index in [1.54, 1.807) is 18.3 Å². The summed E-state index contributed by atoms with van der Waals surface area (Å²) in [5, 5.41) is 2.58. The molecule has 0 bridgehead atoms. The maximum absolute atomic E-state index is 11.6. The number of hydrogen-bond donors (Lipinski definition) is 1. The van der Waals surface area contributed by atoms with Crippen LogP contribution in [-0.2, 0) is 16.2 Å². The van der Waals surface area contributed by atoms with Gasteiger partial charge in [-0.3, -0.25) is 0 Å². The van der Waals surface area contributed by atoms with Crippen molar-refractivity contribution in [1.82, 2.24) is 24.5 Å². The van der Waals surface area contributed by atoms with Crippen LogP contribution in [0.2, 0.25) is 0 Å². The zero-order chi connectivity index (χ0) is 28.2. The van der Waals surface area contributed by atoms with Crippen LogP contribution in [0, 0.1) is 5.92 Å². The Morgan fingerprint density at radius 3 is 2.61 bits per heavy atom. The van der Waals surface area contributed by atoms with Crippen molar-refractivity contribution in [2.75, 3.05) is 45.1 Å². The van der Waals surface area contributed by atoms with E-state index in [2.05, 4.69) is 49.9 Å². The molecule has 4 aromatic rings. The summed E-state index contributed by atoms with van der Waals surface area (Å²) in [5.74, 6) is 1.89.